The van der Waals surface area contributed by atoms with Gasteiger partial charge in [-0.2, -0.15) is 0 Å². The first-order valence-electron chi connectivity index (χ1n) is 13.6. The number of Topliss-reactive ketones (excluding diaryl/α,β-unsaturated/α-hetero) is 3. The number of benzene rings is 5. The van der Waals surface area contributed by atoms with E-state index >= 15 is 0 Å². The number of phenolic OH excluding ortho intramolecular Hbond substituents is 5. The van der Waals surface area contributed by atoms with Crippen molar-refractivity contribution in [3.8, 4) is 39.9 Å². The Balaban J connectivity index is 2.07. The zero-order valence-corrected chi connectivity index (χ0v) is 23.7. The normalized spacial score (nSPS) is 18.3. The lowest BCUT2D eigenvalue weighted by Gasteiger charge is -2.39. The SMILES string of the molecule is CC(=O)c1c(C)cc(O)c2c(O)c3c(O)cccc3c(-c3c4c(c(O)c5c(O)cccc35)C(=O)CC(C)(O)C4C(C)=O)c12. The Morgan fingerprint density at radius 2 is 1.33 bits per heavy atom. The van der Waals surface area contributed by atoms with E-state index in [9.17, 15) is 45.0 Å². The van der Waals surface area contributed by atoms with Crippen LogP contribution in [0, 0.1) is 6.92 Å². The van der Waals surface area contributed by atoms with E-state index in [1.54, 1.807) is 19.1 Å². The predicted octanol–water partition coefficient (Wildman–Crippen LogP) is 5.86. The highest BCUT2D eigenvalue weighted by Gasteiger charge is 2.48. The number of hydrogen-bond donors (Lipinski definition) is 6. The fraction of sp³-hybridized carbons (Fsp3) is 0.206. The number of ketones is 3. The van der Waals surface area contributed by atoms with Crippen LogP contribution in [0.5, 0.6) is 28.7 Å². The topological polar surface area (TPSA) is 173 Å². The molecule has 0 aliphatic heterocycles. The van der Waals surface area contributed by atoms with Crippen LogP contribution < -0.4 is 0 Å². The summed E-state index contributed by atoms with van der Waals surface area (Å²) in [6.07, 6.45) is -0.493. The van der Waals surface area contributed by atoms with Crippen LogP contribution in [0.3, 0.4) is 0 Å². The van der Waals surface area contributed by atoms with E-state index in [2.05, 4.69) is 0 Å². The van der Waals surface area contributed by atoms with E-state index in [1.165, 1.54) is 51.1 Å². The lowest BCUT2D eigenvalue weighted by atomic mass is 9.66. The highest BCUT2D eigenvalue weighted by molar-refractivity contribution is 6.29. The van der Waals surface area contributed by atoms with Crippen molar-refractivity contribution in [2.75, 3.05) is 0 Å². The number of hydrogen-bond acceptors (Lipinski definition) is 9. The summed E-state index contributed by atoms with van der Waals surface area (Å²) in [4.78, 5) is 40.2. The second kappa shape index (κ2) is 9.17. The number of carbonyl (C=O) groups excluding carboxylic acids is 3. The lowest BCUT2D eigenvalue weighted by Crippen LogP contribution is -2.43. The van der Waals surface area contributed by atoms with E-state index in [-0.39, 0.29) is 71.6 Å². The molecule has 2 atom stereocenters. The number of phenols is 5. The van der Waals surface area contributed by atoms with Crippen LogP contribution in [0.2, 0.25) is 0 Å². The summed E-state index contributed by atoms with van der Waals surface area (Å²) in [5, 5.41) is 67.7. The van der Waals surface area contributed by atoms with Gasteiger partial charge in [0.1, 0.15) is 34.5 Å². The summed E-state index contributed by atoms with van der Waals surface area (Å²) in [7, 11) is 0. The number of aromatic hydroxyl groups is 5. The molecule has 0 amide bonds. The number of fused-ring (bicyclic) bond motifs is 4. The summed E-state index contributed by atoms with van der Waals surface area (Å²) < 4.78 is 0. The summed E-state index contributed by atoms with van der Waals surface area (Å²) in [5.74, 6) is -5.15. The average Bonchev–Trinajstić information content (AvgIpc) is 2.88. The maximum atomic E-state index is 13.7. The fourth-order valence-electron chi connectivity index (χ4n) is 7.09. The summed E-state index contributed by atoms with van der Waals surface area (Å²) in [5.41, 5.74) is -1.45. The third-order valence-electron chi connectivity index (χ3n) is 8.58. The molecule has 0 fully saturated rings. The molecular weight excluding hydrogens is 552 g/mol. The van der Waals surface area contributed by atoms with Crippen molar-refractivity contribution in [2.45, 2.75) is 45.6 Å². The minimum atomic E-state index is -1.88. The van der Waals surface area contributed by atoms with Gasteiger partial charge in [-0.1, -0.05) is 24.3 Å². The van der Waals surface area contributed by atoms with Gasteiger partial charge in [0.2, 0.25) is 0 Å². The molecule has 0 spiro atoms. The van der Waals surface area contributed by atoms with Crippen molar-refractivity contribution in [1.82, 2.24) is 0 Å². The van der Waals surface area contributed by atoms with Gasteiger partial charge in [-0.15, -0.1) is 0 Å². The predicted molar refractivity (Wildman–Crippen MR) is 160 cm³/mol. The minimum Gasteiger partial charge on any atom is -0.507 e. The zero-order valence-electron chi connectivity index (χ0n) is 23.7. The van der Waals surface area contributed by atoms with Crippen molar-refractivity contribution >= 4 is 49.7 Å². The Kier molecular flexibility index (Phi) is 5.97. The molecule has 0 aromatic heterocycles. The van der Waals surface area contributed by atoms with Crippen LogP contribution in [0.4, 0.5) is 0 Å². The van der Waals surface area contributed by atoms with Crippen molar-refractivity contribution in [2.24, 2.45) is 0 Å². The molecule has 0 heterocycles. The number of aliphatic hydroxyl groups is 1. The third-order valence-corrected chi connectivity index (χ3v) is 8.58. The van der Waals surface area contributed by atoms with Crippen molar-refractivity contribution in [3.05, 3.63) is 64.7 Å². The maximum Gasteiger partial charge on any atom is 0.169 e. The largest absolute Gasteiger partial charge is 0.507 e. The second-order valence-corrected chi connectivity index (χ2v) is 11.5. The van der Waals surface area contributed by atoms with Gasteiger partial charge in [0.25, 0.3) is 0 Å². The highest BCUT2D eigenvalue weighted by Crippen LogP contribution is 2.57. The molecule has 218 valence electrons. The Morgan fingerprint density at radius 1 is 0.767 bits per heavy atom. The quantitative estimate of drug-likeness (QED) is 0.113. The van der Waals surface area contributed by atoms with Gasteiger partial charge < -0.3 is 30.6 Å². The zero-order chi connectivity index (χ0) is 31.3. The van der Waals surface area contributed by atoms with Gasteiger partial charge in [0.15, 0.2) is 11.6 Å². The first-order chi connectivity index (χ1) is 20.2. The average molecular weight is 581 g/mol. The molecule has 0 radical (unpaired) electrons. The molecule has 1 aliphatic rings. The van der Waals surface area contributed by atoms with Gasteiger partial charge >= 0.3 is 0 Å². The van der Waals surface area contributed by atoms with E-state index in [4.69, 9.17) is 0 Å². The lowest BCUT2D eigenvalue weighted by molar-refractivity contribution is -0.124. The Bertz CT molecular complexity index is 2120. The molecule has 2 unspecified atom stereocenters. The molecule has 9 heteroatoms. The van der Waals surface area contributed by atoms with Crippen LogP contribution in [0.1, 0.15) is 65.0 Å². The van der Waals surface area contributed by atoms with E-state index in [0.29, 0.717) is 5.56 Å². The highest BCUT2D eigenvalue weighted by atomic mass is 16.3. The van der Waals surface area contributed by atoms with E-state index in [0.717, 1.165) is 0 Å². The number of aryl methyl sites for hydroxylation is 1. The van der Waals surface area contributed by atoms with Gasteiger partial charge in [-0.25, -0.2) is 0 Å². The third kappa shape index (κ3) is 3.71. The van der Waals surface area contributed by atoms with E-state index < -0.39 is 52.5 Å². The minimum absolute atomic E-state index is 0.0310. The van der Waals surface area contributed by atoms with Crippen LogP contribution >= 0.6 is 0 Å². The number of carbonyl (C=O) groups is 3. The van der Waals surface area contributed by atoms with Crippen molar-refractivity contribution in [3.63, 3.8) is 0 Å². The van der Waals surface area contributed by atoms with E-state index in [1.807, 2.05) is 0 Å². The standard InChI is InChI=1S/C34H28O9/c1-13-11-20(39)27-29(22(13)14(2)35)25(16-7-5-9-18(37)23(16)32(27)41)26-17-8-6-10-19(38)24(17)33(42)28-21(40)12-34(4,43)31(15(3)36)30(26)28/h5-11,31,37-39,41-43H,12H2,1-4H3. The maximum absolute atomic E-state index is 13.7. The molecular formula is C34H28O9. The van der Waals surface area contributed by atoms with Gasteiger partial charge in [-0.3, -0.25) is 14.4 Å². The Hall–Kier alpha value is -5.15. The Morgan fingerprint density at radius 3 is 1.88 bits per heavy atom. The van der Waals surface area contributed by atoms with Crippen molar-refractivity contribution < 1.29 is 45.0 Å². The first kappa shape index (κ1) is 28.0. The molecule has 6 N–H and O–H groups in total. The molecule has 43 heavy (non-hydrogen) atoms. The van der Waals surface area contributed by atoms with Crippen LogP contribution in [0.25, 0.3) is 43.4 Å². The van der Waals surface area contributed by atoms with Crippen LogP contribution in [-0.4, -0.2) is 53.6 Å². The molecule has 9 nitrogen and oxygen atoms in total. The summed E-state index contributed by atoms with van der Waals surface area (Å²) in [6, 6.07) is 10.1. The van der Waals surface area contributed by atoms with Gasteiger partial charge in [-0.05, 0) is 78.9 Å². The summed E-state index contributed by atoms with van der Waals surface area (Å²) in [6.45, 7) is 5.52. The molecule has 1 aliphatic carbocycles. The second-order valence-electron chi connectivity index (χ2n) is 11.5. The molecule has 6 rings (SSSR count). The van der Waals surface area contributed by atoms with Crippen LogP contribution in [-0.2, 0) is 4.79 Å². The molecule has 5 aromatic rings. The molecule has 5 aromatic carbocycles. The molecule has 0 saturated carbocycles. The van der Waals surface area contributed by atoms with Gasteiger partial charge in [0.05, 0.1) is 33.2 Å². The first-order valence-corrected chi connectivity index (χ1v) is 13.6. The Labute approximate surface area is 244 Å². The monoisotopic (exact) mass is 580 g/mol. The number of rotatable bonds is 3. The molecule has 0 bridgehead atoms. The van der Waals surface area contributed by atoms with Crippen molar-refractivity contribution in [1.29, 1.82) is 0 Å². The fourth-order valence-corrected chi connectivity index (χ4v) is 7.09. The van der Waals surface area contributed by atoms with Gasteiger partial charge in [0, 0.05) is 17.4 Å². The molecule has 0 saturated heterocycles. The van der Waals surface area contributed by atoms with Crippen LogP contribution in [0.15, 0.2) is 42.5 Å². The smallest absolute Gasteiger partial charge is 0.169 e. The summed E-state index contributed by atoms with van der Waals surface area (Å²) >= 11 is 0.